The lowest BCUT2D eigenvalue weighted by atomic mass is 10.2. The molecule has 1 saturated carbocycles. The van der Waals surface area contributed by atoms with Gasteiger partial charge in [-0.1, -0.05) is 6.07 Å². The van der Waals surface area contributed by atoms with Crippen LogP contribution in [0.5, 0.6) is 0 Å². The van der Waals surface area contributed by atoms with E-state index >= 15 is 0 Å². The summed E-state index contributed by atoms with van der Waals surface area (Å²) >= 11 is 0. The van der Waals surface area contributed by atoms with Crippen molar-refractivity contribution in [2.75, 3.05) is 10.0 Å². The Balaban J connectivity index is 1.95. The van der Waals surface area contributed by atoms with Crippen LogP contribution in [-0.2, 0) is 11.0 Å². The van der Waals surface area contributed by atoms with Crippen LogP contribution < -0.4 is 10.0 Å². The van der Waals surface area contributed by atoms with E-state index in [0.717, 1.165) is 18.9 Å². The summed E-state index contributed by atoms with van der Waals surface area (Å²) in [6.45, 7) is 1.72. The van der Waals surface area contributed by atoms with E-state index in [0.29, 0.717) is 5.56 Å². The molecule has 1 atom stereocenters. The highest BCUT2D eigenvalue weighted by molar-refractivity contribution is 7.87. The predicted molar refractivity (Wildman–Crippen MR) is 85.6 cm³/mol. The summed E-state index contributed by atoms with van der Waals surface area (Å²) in [5, 5.41) is 2.58. The normalized spacial score (nSPS) is 15.3. The average molecular weight is 340 g/mol. The first-order valence-electron chi connectivity index (χ1n) is 7.14. The Labute approximate surface area is 134 Å². The van der Waals surface area contributed by atoms with Gasteiger partial charge in [0.1, 0.15) is 22.5 Å². The molecule has 0 aromatic heterocycles. The third-order valence-electron chi connectivity index (χ3n) is 3.52. The summed E-state index contributed by atoms with van der Waals surface area (Å²) in [5.74, 6) is -2.80. The van der Waals surface area contributed by atoms with Crippen molar-refractivity contribution in [3.8, 4) is 0 Å². The smallest absolute Gasteiger partial charge is 0.184 e. The molecule has 0 aliphatic heterocycles. The van der Waals surface area contributed by atoms with Gasteiger partial charge >= 0.3 is 0 Å². The van der Waals surface area contributed by atoms with E-state index in [-0.39, 0.29) is 22.3 Å². The molecule has 7 heteroatoms. The van der Waals surface area contributed by atoms with Crippen LogP contribution in [-0.4, -0.2) is 9.46 Å². The summed E-state index contributed by atoms with van der Waals surface area (Å²) in [6.07, 6.45) is 1.66. The lowest BCUT2D eigenvalue weighted by molar-refractivity contribution is 0.512. The number of halogens is 3. The van der Waals surface area contributed by atoms with Crippen LogP contribution in [0.4, 0.5) is 30.2 Å². The third kappa shape index (κ3) is 3.50. The maximum Gasteiger partial charge on any atom is 0.184 e. The van der Waals surface area contributed by atoms with Crippen molar-refractivity contribution in [2.45, 2.75) is 25.0 Å². The zero-order valence-corrected chi connectivity index (χ0v) is 13.1. The van der Waals surface area contributed by atoms with Crippen molar-refractivity contribution in [1.29, 1.82) is 0 Å². The van der Waals surface area contributed by atoms with Crippen molar-refractivity contribution in [3.63, 3.8) is 0 Å². The second-order valence-corrected chi connectivity index (χ2v) is 6.96. The molecule has 1 fully saturated rings. The van der Waals surface area contributed by atoms with Crippen molar-refractivity contribution in [1.82, 2.24) is 0 Å². The molecule has 0 bridgehead atoms. The Hall–Kier alpha value is -2.02. The van der Waals surface area contributed by atoms with Gasteiger partial charge in [0, 0.05) is 0 Å². The molecular formula is C16H15F3N2OS. The Kier molecular flexibility index (Phi) is 4.30. The number of hydrogen-bond acceptors (Lipinski definition) is 2. The average Bonchev–Trinajstić information content (AvgIpc) is 3.33. The van der Waals surface area contributed by atoms with Gasteiger partial charge in [0.15, 0.2) is 11.6 Å². The first kappa shape index (κ1) is 15.9. The maximum atomic E-state index is 14.1. The molecule has 0 amide bonds. The fourth-order valence-corrected chi connectivity index (χ4v) is 3.21. The molecule has 0 spiro atoms. The predicted octanol–water partition coefficient (Wildman–Crippen LogP) is 4.39. The lowest BCUT2D eigenvalue weighted by Gasteiger charge is -2.15. The van der Waals surface area contributed by atoms with Gasteiger partial charge in [-0.3, -0.25) is 0 Å². The van der Waals surface area contributed by atoms with Crippen molar-refractivity contribution >= 4 is 28.0 Å². The number of hydrogen-bond donors (Lipinski definition) is 2. The molecule has 23 heavy (non-hydrogen) atoms. The highest BCUT2D eigenvalue weighted by atomic mass is 32.2. The number of rotatable bonds is 5. The van der Waals surface area contributed by atoms with E-state index < -0.39 is 28.4 Å². The fourth-order valence-electron chi connectivity index (χ4n) is 2.09. The zero-order valence-electron chi connectivity index (χ0n) is 12.3. The summed E-state index contributed by atoms with van der Waals surface area (Å²) in [6, 6.07) is 6.61. The molecule has 2 N–H and O–H groups in total. The van der Waals surface area contributed by atoms with Gasteiger partial charge in [-0.05, 0) is 49.6 Å². The largest absolute Gasteiger partial charge is 0.349 e. The second-order valence-electron chi connectivity index (χ2n) is 5.49. The van der Waals surface area contributed by atoms with Crippen LogP contribution in [0.2, 0.25) is 0 Å². The summed E-state index contributed by atoms with van der Waals surface area (Å²) < 4.78 is 56.2. The maximum absolute atomic E-state index is 14.1. The number of benzene rings is 2. The van der Waals surface area contributed by atoms with E-state index in [1.807, 2.05) is 0 Å². The summed E-state index contributed by atoms with van der Waals surface area (Å²) in [7, 11) is -1.38. The van der Waals surface area contributed by atoms with Crippen LogP contribution in [0.3, 0.4) is 0 Å². The minimum absolute atomic E-state index is 0.0142. The van der Waals surface area contributed by atoms with Crippen LogP contribution in [0, 0.1) is 24.4 Å². The lowest BCUT2D eigenvalue weighted by Crippen LogP contribution is -2.12. The van der Waals surface area contributed by atoms with Crippen molar-refractivity contribution in [3.05, 3.63) is 53.3 Å². The zero-order chi connectivity index (χ0) is 16.6. The van der Waals surface area contributed by atoms with E-state index in [1.54, 1.807) is 13.0 Å². The monoisotopic (exact) mass is 340 g/mol. The van der Waals surface area contributed by atoms with Gasteiger partial charge in [-0.2, -0.15) is 0 Å². The fraction of sp³-hybridized carbons (Fsp3) is 0.250. The molecular weight excluding hydrogens is 325 g/mol. The molecule has 122 valence electrons. The van der Waals surface area contributed by atoms with Crippen LogP contribution >= 0.6 is 0 Å². The van der Waals surface area contributed by atoms with Crippen molar-refractivity contribution < 1.29 is 17.4 Å². The Bertz CT molecular complexity index is 778. The minimum atomic E-state index is -1.38. The van der Waals surface area contributed by atoms with Gasteiger partial charge in [-0.25, -0.2) is 17.4 Å². The highest BCUT2D eigenvalue weighted by Crippen LogP contribution is 2.34. The van der Waals surface area contributed by atoms with Crippen LogP contribution in [0.1, 0.15) is 18.4 Å². The van der Waals surface area contributed by atoms with E-state index in [2.05, 4.69) is 10.0 Å². The number of nitrogens with one attached hydrogen (secondary N) is 2. The number of aryl methyl sites for hydroxylation is 1. The number of anilines is 3. The van der Waals surface area contributed by atoms with Gasteiger partial charge in [0.05, 0.1) is 16.6 Å². The van der Waals surface area contributed by atoms with Gasteiger partial charge in [0.2, 0.25) is 0 Å². The quantitative estimate of drug-likeness (QED) is 0.847. The highest BCUT2D eigenvalue weighted by Gasteiger charge is 2.29. The Morgan fingerprint density at radius 3 is 2.39 bits per heavy atom. The third-order valence-corrected chi connectivity index (χ3v) is 5.01. The summed E-state index contributed by atoms with van der Waals surface area (Å²) in [4.78, 5) is 0. The molecule has 2 aromatic carbocycles. The minimum Gasteiger partial charge on any atom is -0.349 e. The first-order valence-corrected chi connectivity index (χ1v) is 8.35. The molecule has 0 radical (unpaired) electrons. The molecule has 0 saturated heterocycles. The standard InChI is InChI=1S/C16H15F3N2OS/c1-9-2-6-13(12(18)8-9)20-16-14(7-5-11(17)15(16)19)21-23(22)10-3-4-10/h2,5-8,10,20-21H,3-4H2,1H3. The Morgan fingerprint density at radius 2 is 1.74 bits per heavy atom. The Morgan fingerprint density at radius 1 is 1.04 bits per heavy atom. The summed E-state index contributed by atoms with van der Waals surface area (Å²) in [5.41, 5.74) is 0.595. The van der Waals surface area contributed by atoms with Gasteiger partial charge in [-0.15, -0.1) is 0 Å². The molecule has 1 aliphatic rings. The van der Waals surface area contributed by atoms with Gasteiger partial charge < -0.3 is 10.0 Å². The molecule has 1 unspecified atom stereocenters. The van der Waals surface area contributed by atoms with E-state index in [4.69, 9.17) is 0 Å². The molecule has 1 aliphatic carbocycles. The van der Waals surface area contributed by atoms with Crippen LogP contribution in [0.15, 0.2) is 30.3 Å². The molecule has 3 rings (SSSR count). The van der Waals surface area contributed by atoms with Crippen LogP contribution in [0.25, 0.3) is 0 Å². The second kappa shape index (κ2) is 6.23. The topological polar surface area (TPSA) is 41.1 Å². The van der Waals surface area contributed by atoms with Gasteiger partial charge in [0.25, 0.3) is 0 Å². The molecule has 3 nitrogen and oxygen atoms in total. The van der Waals surface area contributed by atoms with E-state index in [1.165, 1.54) is 18.2 Å². The van der Waals surface area contributed by atoms with Crippen molar-refractivity contribution in [2.24, 2.45) is 0 Å². The molecule has 0 heterocycles. The van der Waals surface area contributed by atoms with E-state index in [9.17, 15) is 17.4 Å². The SMILES string of the molecule is Cc1ccc(Nc2c(NS(=O)C3CC3)ccc(F)c2F)c(F)c1. The first-order chi connectivity index (χ1) is 11.0. The molecule has 2 aromatic rings.